The Balaban J connectivity index is 2.39. The van der Waals surface area contributed by atoms with Gasteiger partial charge in [-0.05, 0) is 37.5 Å². The smallest absolute Gasteiger partial charge is 0.310 e. The Bertz CT molecular complexity index is 359. The zero-order valence-corrected chi connectivity index (χ0v) is 13.9. The van der Waals surface area contributed by atoms with Crippen molar-refractivity contribution in [3.05, 3.63) is 0 Å². The number of nitrogens with one attached hydrogen (secondary N) is 1. The number of hydrogen-bond acceptors (Lipinski definition) is 2. The summed E-state index contributed by atoms with van der Waals surface area (Å²) in [6.45, 7) is 8.31. The zero-order valence-electron chi connectivity index (χ0n) is 13.9. The van der Waals surface area contributed by atoms with Gasteiger partial charge in [-0.3, -0.25) is 9.59 Å². The van der Waals surface area contributed by atoms with Gasteiger partial charge in [-0.15, -0.1) is 0 Å². The molecule has 4 heteroatoms. The zero-order chi connectivity index (χ0) is 16.0. The maximum atomic E-state index is 12.1. The Kier molecular flexibility index (Phi) is 6.69. The van der Waals surface area contributed by atoms with Gasteiger partial charge in [0.05, 0.1) is 5.41 Å². The summed E-state index contributed by atoms with van der Waals surface area (Å²) in [5, 5.41) is 12.3. The summed E-state index contributed by atoms with van der Waals surface area (Å²) >= 11 is 0. The molecule has 0 saturated heterocycles. The largest absolute Gasteiger partial charge is 0.481 e. The summed E-state index contributed by atoms with van der Waals surface area (Å²) in [5.41, 5.74) is -0.982. The fourth-order valence-electron chi connectivity index (χ4n) is 3.02. The molecule has 0 aromatic rings. The summed E-state index contributed by atoms with van der Waals surface area (Å²) in [6.07, 6.45) is 6.19. The predicted octanol–water partition coefficient (Wildman–Crippen LogP) is 3.46. The molecule has 1 aliphatic rings. The average molecular weight is 297 g/mol. The minimum atomic E-state index is -0.982. The van der Waals surface area contributed by atoms with Crippen molar-refractivity contribution in [1.29, 1.82) is 0 Å². The van der Waals surface area contributed by atoms with E-state index in [1.807, 2.05) is 13.8 Å². The summed E-state index contributed by atoms with van der Waals surface area (Å²) < 4.78 is 0. The van der Waals surface area contributed by atoms with Crippen molar-refractivity contribution in [2.75, 3.05) is 6.54 Å². The number of hydrogen-bond donors (Lipinski definition) is 2. The molecule has 0 spiro atoms. The molecule has 4 nitrogen and oxygen atoms in total. The summed E-state index contributed by atoms with van der Waals surface area (Å²) in [4.78, 5) is 23.4. The van der Waals surface area contributed by atoms with E-state index in [2.05, 4.69) is 12.2 Å². The first kappa shape index (κ1) is 18.0. The third-order valence-electron chi connectivity index (χ3n) is 5.42. The highest BCUT2D eigenvalue weighted by molar-refractivity contribution is 5.84. The van der Waals surface area contributed by atoms with Gasteiger partial charge in [0, 0.05) is 13.0 Å². The van der Waals surface area contributed by atoms with Crippen LogP contribution in [0.2, 0.25) is 0 Å². The molecule has 0 radical (unpaired) electrons. The number of rotatable bonds is 7. The van der Waals surface area contributed by atoms with Crippen LogP contribution >= 0.6 is 0 Å². The van der Waals surface area contributed by atoms with Gasteiger partial charge in [0.15, 0.2) is 0 Å². The molecule has 0 aliphatic heterocycles. The van der Waals surface area contributed by atoms with Crippen molar-refractivity contribution in [2.45, 2.75) is 66.2 Å². The molecule has 21 heavy (non-hydrogen) atoms. The van der Waals surface area contributed by atoms with E-state index in [1.54, 1.807) is 6.92 Å². The van der Waals surface area contributed by atoms with Crippen LogP contribution in [0, 0.1) is 23.2 Å². The van der Waals surface area contributed by atoms with Gasteiger partial charge in [0.25, 0.3) is 0 Å². The Labute approximate surface area is 128 Å². The summed E-state index contributed by atoms with van der Waals surface area (Å²) in [7, 11) is 0. The van der Waals surface area contributed by atoms with E-state index < -0.39 is 11.4 Å². The molecule has 1 fully saturated rings. The molecule has 122 valence electrons. The van der Waals surface area contributed by atoms with Crippen LogP contribution in [0.5, 0.6) is 0 Å². The number of carboxylic acid groups (broad SMARTS) is 1. The van der Waals surface area contributed by atoms with E-state index in [4.69, 9.17) is 0 Å². The number of carbonyl (C=O) groups excluding carboxylic acids is 1. The van der Waals surface area contributed by atoms with Gasteiger partial charge in [-0.25, -0.2) is 0 Å². The second-order valence-electron chi connectivity index (χ2n) is 7.15. The minimum Gasteiger partial charge on any atom is -0.481 e. The first-order chi connectivity index (χ1) is 9.79. The van der Waals surface area contributed by atoms with Gasteiger partial charge in [0.2, 0.25) is 5.91 Å². The normalized spacial score (nSPS) is 25.4. The molecule has 2 N–H and O–H groups in total. The Morgan fingerprint density at radius 2 is 1.71 bits per heavy atom. The Morgan fingerprint density at radius 3 is 2.14 bits per heavy atom. The van der Waals surface area contributed by atoms with Gasteiger partial charge >= 0.3 is 5.97 Å². The van der Waals surface area contributed by atoms with Crippen molar-refractivity contribution in [3.63, 3.8) is 0 Å². The van der Waals surface area contributed by atoms with Gasteiger partial charge in [0.1, 0.15) is 0 Å². The molecule has 0 aromatic heterocycles. The number of amides is 1. The van der Waals surface area contributed by atoms with E-state index in [0.29, 0.717) is 12.5 Å². The molecule has 1 aliphatic carbocycles. The molecular formula is C17H31NO3. The second-order valence-corrected chi connectivity index (χ2v) is 7.15. The Morgan fingerprint density at radius 1 is 1.19 bits per heavy atom. The lowest BCUT2D eigenvalue weighted by Crippen LogP contribution is -2.40. The van der Waals surface area contributed by atoms with Crippen molar-refractivity contribution < 1.29 is 14.7 Å². The second kappa shape index (κ2) is 7.81. The number of aliphatic carboxylic acids is 1. The molecule has 0 heterocycles. The fourth-order valence-corrected chi connectivity index (χ4v) is 3.02. The van der Waals surface area contributed by atoms with Crippen LogP contribution in [-0.2, 0) is 9.59 Å². The van der Waals surface area contributed by atoms with Crippen LogP contribution in [0.3, 0.4) is 0 Å². The van der Waals surface area contributed by atoms with Gasteiger partial charge in [-0.2, -0.15) is 0 Å². The third-order valence-corrected chi connectivity index (χ3v) is 5.42. The lowest BCUT2D eigenvalue weighted by atomic mass is 9.76. The molecule has 1 amide bonds. The number of carbonyl (C=O) groups is 2. The summed E-state index contributed by atoms with van der Waals surface area (Å²) in [6, 6.07) is 0. The highest BCUT2D eigenvalue weighted by Gasteiger charge is 2.38. The maximum Gasteiger partial charge on any atom is 0.310 e. The highest BCUT2D eigenvalue weighted by Crippen LogP contribution is 2.32. The Hall–Kier alpha value is -1.06. The quantitative estimate of drug-likeness (QED) is 0.756. The van der Waals surface area contributed by atoms with Crippen LogP contribution in [0.25, 0.3) is 0 Å². The van der Waals surface area contributed by atoms with E-state index >= 15 is 0 Å². The summed E-state index contributed by atoms with van der Waals surface area (Å²) in [5.74, 6) is 0.322. The van der Waals surface area contributed by atoms with Crippen LogP contribution < -0.4 is 5.32 Å². The first-order valence-corrected chi connectivity index (χ1v) is 8.29. The van der Waals surface area contributed by atoms with Crippen molar-refractivity contribution in [1.82, 2.24) is 5.32 Å². The molecule has 0 bridgehead atoms. The van der Waals surface area contributed by atoms with Crippen LogP contribution in [0.4, 0.5) is 0 Å². The molecule has 1 saturated carbocycles. The predicted molar refractivity (Wildman–Crippen MR) is 83.9 cm³/mol. The molecule has 0 aromatic carbocycles. The van der Waals surface area contributed by atoms with Crippen LogP contribution in [0.15, 0.2) is 0 Å². The lowest BCUT2D eigenvalue weighted by molar-refractivity contribution is -0.153. The minimum absolute atomic E-state index is 0.0598. The first-order valence-electron chi connectivity index (χ1n) is 8.29. The van der Waals surface area contributed by atoms with E-state index in [9.17, 15) is 14.7 Å². The van der Waals surface area contributed by atoms with Crippen LogP contribution in [0.1, 0.15) is 66.2 Å². The third kappa shape index (κ3) is 5.01. The van der Waals surface area contributed by atoms with Crippen molar-refractivity contribution in [3.8, 4) is 0 Å². The van der Waals surface area contributed by atoms with E-state index in [1.165, 1.54) is 32.1 Å². The molecule has 1 rings (SSSR count). The molecule has 1 unspecified atom stereocenters. The maximum absolute atomic E-state index is 12.1. The topological polar surface area (TPSA) is 66.4 Å². The molecular weight excluding hydrogens is 266 g/mol. The van der Waals surface area contributed by atoms with Gasteiger partial charge < -0.3 is 10.4 Å². The van der Waals surface area contributed by atoms with Crippen molar-refractivity contribution in [2.24, 2.45) is 23.2 Å². The SMILES string of the molecule is CCC1CCC(CNC(=O)CC(C)(C(=O)O)C(C)C)CC1. The highest BCUT2D eigenvalue weighted by atomic mass is 16.4. The van der Waals surface area contributed by atoms with Gasteiger partial charge in [-0.1, -0.05) is 40.0 Å². The van der Waals surface area contributed by atoms with Crippen LogP contribution in [-0.4, -0.2) is 23.5 Å². The number of carboxylic acids is 1. The average Bonchev–Trinajstić information content (AvgIpc) is 2.45. The van der Waals surface area contributed by atoms with Crippen molar-refractivity contribution >= 4 is 11.9 Å². The molecule has 1 atom stereocenters. The van der Waals surface area contributed by atoms with E-state index in [-0.39, 0.29) is 18.2 Å². The standard InChI is InChI=1S/C17H31NO3/c1-5-13-6-8-14(9-7-13)11-18-15(19)10-17(4,12(2)3)16(20)21/h12-14H,5-11H2,1-4H3,(H,18,19)(H,20,21). The fraction of sp³-hybridized carbons (Fsp3) is 0.882. The monoisotopic (exact) mass is 297 g/mol. The lowest BCUT2D eigenvalue weighted by Gasteiger charge is -2.30. The van der Waals surface area contributed by atoms with E-state index in [0.717, 1.165) is 5.92 Å².